The van der Waals surface area contributed by atoms with Gasteiger partial charge in [0.15, 0.2) is 0 Å². The van der Waals surface area contributed by atoms with Crippen molar-refractivity contribution in [3.63, 3.8) is 0 Å². The van der Waals surface area contributed by atoms with Gasteiger partial charge in [0.25, 0.3) is 5.91 Å². The van der Waals surface area contributed by atoms with Gasteiger partial charge < -0.3 is 10.6 Å². The van der Waals surface area contributed by atoms with Gasteiger partial charge in [-0.15, -0.1) is 11.3 Å². The fourth-order valence-corrected chi connectivity index (χ4v) is 3.37. The van der Waals surface area contributed by atoms with E-state index in [1.165, 1.54) is 11.3 Å². The van der Waals surface area contributed by atoms with E-state index in [0.29, 0.717) is 22.8 Å². The van der Waals surface area contributed by atoms with Crippen LogP contribution in [0.4, 0.5) is 11.4 Å². The van der Waals surface area contributed by atoms with Crippen LogP contribution in [0.1, 0.15) is 15.2 Å². The minimum atomic E-state index is -0.202. The fraction of sp³-hybridized carbons (Fsp3) is 0.136. The van der Waals surface area contributed by atoms with Crippen LogP contribution in [0.25, 0.3) is 0 Å². The van der Waals surface area contributed by atoms with Gasteiger partial charge in [0, 0.05) is 17.9 Å². The standard InChI is InChI=1S/C22H20N4O2S/c23-12-13-26(15-17-5-2-1-3-6-17)16-21(27)24-18-8-10-19(11-9-18)25-22(28)20-7-4-14-29-20/h1-11,14H,13,15-16H2,(H,24,27)(H,25,28). The van der Waals surface area contributed by atoms with Crippen LogP contribution in [0.15, 0.2) is 72.1 Å². The predicted molar refractivity (Wildman–Crippen MR) is 115 cm³/mol. The summed E-state index contributed by atoms with van der Waals surface area (Å²) in [7, 11) is 0. The van der Waals surface area contributed by atoms with Gasteiger partial charge in [0.05, 0.1) is 24.0 Å². The molecule has 0 spiro atoms. The third-order valence-electron chi connectivity index (χ3n) is 4.08. The van der Waals surface area contributed by atoms with E-state index in [0.717, 1.165) is 5.56 Å². The number of thiophene rings is 1. The average molecular weight is 404 g/mol. The molecule has 0 aliphatic heterocycles. The van der Waals surface area contributed by atoms with Crippen LogP contribution in [-0.2, 0) is 11.3 Å². The molecule has 1 aromatic heterocycles. The van der Waals surface area contributed by atoms with Gasteiger partial charge >= 0.3 is 0 Å². The van der Waals surface area contributed by atoms with Crippen molar-refractivity contribution in [3.8, 4) is 6.07 Å². The van der Waals surface area contributed by atoms with Crippen LogP contribution >= 0.6 is 11.3 Å². The minimum Gasteiger partial charge on any atom is -0.325 e. The highest BCUT2D eigenvalue weighted by atomic mass is 32.1. The Morgan fingerprint density at radius 2 is 1.62 bits per heavy atom. The molecule has 2 N–H and O–H groups in total. The van der Waals surface area contributed by atoms with Crippen LogP contribution in [0.3, 0.4) is 0 Å². The molecule has 7 heteroatoms. The summed E-state index contributed by atoms with van der Waals surface area (Å²) in [6, 6.07) is 22.3. The first kappa shape index (κ1) is 20.3. The third kappa shape index (κ3) is 6.28. The summed E-state index contributed by atoms with van der Waals surface area (Å²) in [4.78, 5) is 26.9. The van der Waals surface area contributed by atoms with E-state index in [2.05, 4.69) is 16.7 Å². The molecule has 0 saturated heterocycles. The van der Waals surface area contributed by atoms with Gasteiger partial charge in [-0.3, -0.25) is 14.5 Å². The molecular weight excluding hydrogens is 384 g/mol. The lowest BCUT2D eigenvalue weighted by Crippen LogP contribution is -2.33. The Bertz CT molecular complexity index is 980. The van der Waals surface area contributed by atoms with Gasteiger partial charge in [0.2, 0.25) is 5.91 Å². The van der Waals surface area contributed by atoms with Gasteiger partial charge in [-0.2, -0.15) is 5.26 Å². The second-order valence-electron chi connectivity index (χ2n) is 6.35. The Balaban J connectivity index is 1.54. The van der Waals surface area contributed by atoms with E-state index in [1.54, 1.807) is 35.2 Å². The van der Waals surface area contributed by atoms with Gasteiger partial charge in [-0.1, -0.05) is 36.4 Å². The van der Waals surface area contributed by atoms with Crippen molar-refractivity contribution < 1.29 is 9.59 Å². The molecule has 0 fully saturated rings. The normalized spacial score (nSPS) is 10.3. The van der Waals surface area contributed by atoms with E-state index in [1.807, 2.05) is 41.8 Å². The molecule has 29 heavy (non-hydrogen) atoms. The number of hydrogen-bond donors (Lipinski definition) is 2. The topological polar surface area (TPSA) is 85.2 Å². The summed E-state index contributed by atoms with van der Waals surface area (Å²) in [5.41, 5.74) is 2.32. The van der Waals surface area contributed by atoms with Crippen LogP contribution < -0.4 is 10.6 Å². The number of carbonyl (C=O) groups excluding carboxylic acids is 2. The molecule has 1 heterocycles. The maximum absolute atomic E-state index is 12.4. The molecule has 3 aromatic rings. The fourth-order valence-electron chi connectivity index (χ4n) is 2.75. The van der Waals surface area contributed by atoms with Gasteiger partial charge in [-0.05, 0) is 41.3 Å². The maximum atomic E-state index is 12.4. The lowest BCUT2D eigenvalue weighted by molar-refractivity contribution is -0.117. The zero-order valence-corrected chi connectivity index (χ0v) is 16.5. The van der Waals surface area contributed by atoms with Crippen molar-refractivity contribution in [3.05, 3.63) is 82.6 Å². The Labute approximate surface area is 173 Å². The molecule has 0 saturated carbocycles. The van der Waals surface area contributed by atoms with Gasteiger partial charge in [0.1, 0.15) is 0 Å². The number of nitrogens with zero attached hydrogens (tertiary/aromatic N) is 2. The zero-order chi connectivity index (χ0) is 20.5. The second-order valence-corrected chi connectivity index (χ2v) is 7.29. The lowest BCUT2D eigenvalue weighted by atomic mass is 10.2. The Kier molecular flexibility index (Phi) is 7.11. The van der Waals surface area contributed by atoms with E-state index in [9.17, 15) is 9.59 Å². The molecule has 2 aromatic carbocycles. The van der Waals surface area contributed by atoms with Crippen LogP contribution in [-0.4, -0.2) is 29.8 Å². The number of benzene rings is 2. The Hall–Kier alpha value is -3.47. The molecule has 0 radical (unpaired) electrons. The lowest BCUT2D eigenvalue weighted by Gasteiger charge is -2.18. The van der Waals surface area contributed by atoms with Crippen LogP contribution in [0.5, 0.6) is 0 Å². The van der Waals surface area contributed by atoms with Gasteiger partial charge in [-0.25, -0.2) is 0 Å². The molecule has 0 atom stereocenters. The number of amides is 2. The van der Waals surface area contributed by atoms with Crippen molar-refractivity contribution in [2.24, 2.45) is 0 Å². The number of rotatable bonds is 8. The quantitative estimate of drug-likeness (QED) is 0.557. The zero-order valence-electron chi connectivity index (χ0n) is 15.7. The summed E-state index contributed by atoms with van der Waals surface area (Å²) >= 11 is 1.38. The van der Waals surface area contributed by atoms with Crippen LogP contribution in [0, 0.1) is 11.3 Å². The number of carbonyl (C=O) groups is 2. The van der Waals surface area contributed by atoms with Crippen molar-refractivity contribution >= 4 is 34.5 Å². The maximum Gasteiger partial charge on any atom is 0.265 e. The summed E-state index contributed by atoms with van der Waals surface area (Å²) in [5, 5.41) is 16.5. The largest absolute Gasteiger partial charge is 0.325 e. The molecule has 146 valence electrons. The highest BCUT2D eigenvalue weighted by molar-refractivity contribution is 7.12. The molecule has 2 amide bonds. The first-order chi connectivity index (χ1) is 14.1. The van der Waals surface area contributed by atoms with Crippen molar-refractivity contribution in [1.29, 1.82) is 5.26 Å². The van der Waals surface area contributed by atoms with Crippen molar-refractivity contribution in [1.82, 2.24) is 4.90 Å². The number of nitriles is 1. The van der Waals surface area contributed by atoms with E-state index < -0.39 is 0 Å². The smallest absolute Gasteiger partial charge is 0.265 e. The average Bonchev–Trinajstić information content (AvgIpc) is 3.25. The molecule has 0 aliphatic rings. The predicted octanol–water partition coefficient (Wildman–Crippen LogP) is 3.96. The second kappa shape index (κ2) is 10.2. The SMILES string of the molecule is N#CCN(CC(=O)Nc1ccc(NC(=O)c2cccs2)cc1)Cc1ccccc1. The highest BCUT2D eigenvalue weighted by Crippen LogP contribution is 2.16. The number of anilines is 2. The Morgan fingerprint density at radius 3 is 2.24 bits per heavy atom. The molecular formula is C22H20N4O2S. The molecule has 0 unspecified atom stereocenters. The van der Waals surface area contributed by atoms with E-state index in [4.69, 9.17) is 5.26 Å². The van der Waals surface area contributed by atoms with Crippen molar-refractivity contribution in [2.75, 3.05) is 23.7 Å². The molecule has 0 bridgehead atoms. The summed E-state index contributed by atoms with van der Waals surface area (Å²) in [5.74, 6) is -0.364. The summed E-state index contributed by atoms with van der Waals surface area (Å²) in [6.07, 6.45) is 0. The first-order valence-electron chi connectivity index (χ1n) is 9.02. The molecule has 0 aliphatic carbocycles. The Morgan fingerprint density at radius 1 is 0.931 bits per heavy atom. The van der Waals surface area contributed by atoms with E-state index >= 15 is 0 Å². The monoisotopic (exact) mass is 404 g/mol. The minimum absolute atomic E-state index is 0.110. The highest BCUT2D eigenvalue weighted by Gasteiger charge is 2.12. The van der Waals surface area contributed by atoms with E-state index in [-0.39, 0.29) is 24.9 Å². The summed E-state index contributed by atoms with van der Waals surface area (Å²) < 4.78 is 0. The molecule has 3 rings (SSSR count). The summed E-state index contributed by atoms with van der Waals surface area (Å²) in [6.45, 7) is 0.796. The number of nitrogens with one attached hydrogen (secondary N) is 2. The van der Waals surface area contributed by atoms with Crippen LogP contribution in [0.2, 0.25) is 0 Å². The first-order valence-corrected chi connectivity index (χ1v) is 9.90. The number of hydrogen-bond acceptors (Lipinski definition) is 5. The third-order valence-corrected chi connectivity index (χ3v) is 4.95. The molecule has 6 nitrogen and oxygen atoms in total. The van der Waals surface area contributed by atoms with Crippen molar-refractivity contribution in [2.45, 2.75) is 6.54 Å².